The molecule has 0 amide bonds. The maximum atomic E-state index is 6.08. The van der Waals surface area contributed by atoms with Gasteiger partial charge in [-0.3, -0.25) is 0 Å². The van der Waals surface area contributed by atoms with Crippen molar-refractivity contribution in [3.8, 4) is 11.1 Å². The van der Waals surface area contributed by atoms with E-state index in [4.69, 9.17) is 8.83 Å². The van der Waals surface area contributed by atoms with E-state index in [0.29, 0.717) is 0 Å². The van der Waals surface area contributed by atoms with Crippen LogP contribution in [0.4, 0.5) is 0 Å². The topological polar surface area (TPSA) is 26.3 Å². The molecule has 4 aromatic rings. The zero-order chi connectivity index (χ0) is 14.5. The quantitative estimate of drug-likeness (QED) is 0.306. The molecule has 2 aromatic carbocycles. The molecule has 6 heteroatoms. The van der Waals surface area contributed by atoms with Crippen molar-refractivity contribution in [2.75, 3.05) is 0 Å². The highest BCUT2D eigenvalue weighted by atomic mass is 33.7. The second kappa shape index (κ2) is 5.23. The number of rotatable bonds is 0. The van der Waals surface area contributed by atoms with Crippen LogP contribution in [0.1, 0.15) is 0 Å². The lowest BCUT2D eigenvalue weighted by molar-refractivity contribution is 0.510. The van der Waals surface area contributed by atoms with E-state index in [9.17, 15) is 0 Å². The Bertz CT molecular complexity index is 920. The van der Waals surface area contributed by atoms with Crippen molar-refractivity contribution >= 4 is 63.2 Å². The lowest BCUT2D eigenvalue weighted by Gasteiger charge is -2.06. The standard InChI is InChI=1S/C16H8O2S4/c1-3-7-11-9(5-1)13-14-10-6-2-4-8-12(10)18-16(14)20-22-21-19-15(13)17-11/h1-8H. The van der Waals surface area contributed by atoms with Gasteiger partial charge in [0, 0.05) is 21.9 Å². The largest absolute Gasteiger partial charge is 0.448 e. The van der Waals surface area contributed by atoms with Crippen molar-refractivity contribution in [3.05, 3.63) is 48.5 Å². The van der Waals surface area contributed by atoms with Gasteiger partial charge in [0.05, 0.1) is 0 Å². The summed E-state index contributed by atoms with van der Waals surface area (Å²) in [6, 6.07) is 16.4. The fourth-order valence-corrected chi connectivity index (χ4v) is 8.10. The minimum absolute atomic E-state index is 0.925. The van der Waals surface area contributed by atoms with Gasteiger partial charge in [0.1, 0.15) is 11.2 Å². The molecule has 0 saturated heterocycles. The Morgan fingerprint density at radius 2 is 1.05 bits per heavy atom. The molecule has 0 bridgehead atoms. The average molecular weight is 361 g/mol. The Kier molecular flexibility index (Phi) is 3.18. The smallest absolute Gasteiger partial charge is 0.180 e. The first-order valence-electron chi connectivity index (χ1n) is 6.63. The second-order valence-electron chi connectivity index (χ2n) is 4.82. The molecule has 1 aliphatic rings. The summed E-state index contributed by atoms with van der Waals surface area (Å²) in [7, 11) is 6.76. The number of benzene rings is 2. The van der Waals surface area contributed by atoms with Gasteiger partial charge in [0.2, 0.25) is 0 Å². The summed E-state index contributed by atoms with van der Waals surface area (Å²) >= 11 is 0. The van der Waals surface area contributed by atoms with Gasteiger partial charge in [-0.2, -0.15) is 0 Å². The van der Waals surface area contributed by atoms with Crippen molar-refractivity contribution < 1.29 is 8.83 Å². The molecule has 0 N–H and O–H groups in total. The number of hydrogen-bond acceptors (Lipinski definition) is 6. The molecule has 0 saturated carbocycles. The van der Waals surface area contributed by atoms with Gasteiger partial charge in [-0.15, -0.1) is 0 Å². The van der Waals surface area contributed by atoms with Gasteiger partial charge in [-0.05, 0) is 53.4 Å². The predicted octanol–water partition coefficient (Wildman–Crippen LogP) is 7.26. The Labute approximate surface area is 141 Å². The minimum atomic E-state index is 0.925. The molecule has 22 heavy (non-hydrogen) atoms. The third kappa shape index (κ3) is 1.94. The van der Waals surface area contributed by atoms with Gasteiger partial charge in [-0.1, -0.05) is 36.4 Å². The molecule has 108 valence electrons. The van der Waals surface area contributed by atoms with Crippen LogP contribution < -0.4 is 0 Å². The summed E-state index contributed by atoms with van der Waals surface area (Å²) in [6.45, 7) is 0. The van der Waals surface area contributed by atoms with Gasteiger partial charge in [0.15, 0.2) is 10.2 Å². The van der Waals surface area contributed by atoms with Crippen molar-refractivity contribution in [2.45, 2.75) is 10.2 Å². The molecule has 3 heterocycles. The van der Waals surface area contributed by atoms with E-state index in [-0.39, 0.29) is 0 Å². The Hall–Kier alpha value is -1.08. The predicted molar refractivity (Wildman–Crippen MR) is 98.3 cm³/mol. The van der Waals surface area contributed by atoms with Gasteiger partial charge >= 0.3 is 0 Å². The molecule has 0 aliphatic carbocycles. The summed E-state index contributed by atoms with van der Waals surface area (Å²) < 4.78 is 12.2. The van der Waals surface area contributed by atoms with Crippen molar-refractivity contribution in [2.24, 2.45) is 0 Å². The van der Waals surface area contributed by atoms with E-state index in [1.807, 2.05) is 24.3 Å². The van der Waals surface area contributed by atoms with Crippen LogP contribution in [-0.2, 0) is 0 Å². The lowest BCUT2D eigenvalue weighted by Crippen LogP contribution is -1.79. The lowest BCUT2D eigenvalue weighted by atomic mass is 10.0. The van der Waals surface area contributed by atoms with E-state index < -0.39 is 0 Å². The van der Waals surface area contributed by atoms with E-state index >= 15 is 0 Å². The maximum absolute atomic E-state index is 6.08. The van der Waals surface area contributed by atoms with E-state index in [0.717, 1.165) is 43.2 Å². The minimum Gasteiger partial charge on any atom is -0.448 e. The summed E-state index contributed by atoms with van der Waals surface area (Å²) in [4.78, 5) is 0. The van der Waals surface area contributed by atoms with Crippen LogP contribution in [0.25, 0.3) is 33.1 Å². The van der Waals surface area contributed by atoms with Gasteiger partial charge < -0.3 is 8.83 Å². The van der Waals surface area contributed by atoms with E-state index in [1.54, 1.807) is 41.2 Å². The van der Waals surface area contributed by atoms with Crippen LogP contribution in [0, 0.1) is 0 Å². The first-order chi connectivity index (χ1) is 10.9. The first kappa shape index (κ1) is 13.4. The SMILES string of the molecule is c1ccc2c3c(oc2c1)SSSSc1oc2ccccc2c1-3. The van der Waals surface area contributed by atoms with E-state index in [2.05, 4.69) is 24.3 Å². The number of hydrogen-bond donors (Lipinski definition) is 0. The molecule has 0 fully saturated rings. The van der Waals surface area contributed by atoms with Crippen LogP contribution in [0.5, 0.6) is 0 Å². The summed E-state index contributed by atoms with van der Waals surface area (Å²) in [5, 5.41) is 4.19. The van der Waals surface area contributed by atoms with Gasteiger partial charge in [0.25, 0.3) is 0 Å². The van der Waals surface area contributed by atoms with Crippen LogP contribution >= 0.6 is 41.2 Å². The number of furan rings is 2. The molecule has 1 aliphatic heterocycles. The molecular formula is C16H8O2S4. The molecule has 0 radical (unpaired) electrons. The van der Waals surface area contributed by atoms with Crippen LogP contribution in [0.3, 0.4) is 0 Å². The zero-order valence-corrected chi connectivity index (χ0v) is 14.3. The van der Waals surface area contributed by atoms with Crippen LogP contribution in [0.2, 0.25) is 0 Å². The maximum Gasteiger partial charge on any atom is 0.180 e. The molecule has 0 unspecified atom stereocenters. The molecule has 2 aromatic heterocycles. The Morgan fingerprint density at radius 3 is 1.55 bits per heavy atom. The highest BCUT2D eigenvalue weighted by Gasteiger charge is 2.27. The molecule has 2 nitrogen and oxygen atoms in total. The third-order valence-corrected chi connectivity index (χ3v) is 9.40. The normalized spacial score (nSPS) is 14.5. The van der Waals surface area contributed by atoms with Crippen molar-refractivity contribution in [1.82, 2.24) is 0 Å². The summed E-state index contributed by atoms with van der Waals surface area (Å²) in [6.07, 6.45) is 0. The fraction of sp³-hybridized carbons (Fsp3) is 0. The molecule has 5 rings (SSSR count). The second-order valence-corrected chi connectivity index (χ2v) is 10.4. The van der Waals surface area contributed by atoms with Gasteiger partial charge in [-0.25, -0.2) is 0 Å². The summed E-state index contributed by atoms with van der Waals surface area (Å²) in [5.41, 5.74) is 4.16. The van der Waals surface area contributed by atoms with E-state index in [1.165, 1.54) is 0 Å². The average Bonchev–Trinajstić information content (AvgIpc) is 3.06. The third-order valence-electron chi connectivity index (χ3n) is 3.62. The monoisotopic (exact) mass is 360 g/mol. The Morgan fingerprint density at radius 1 is 0.591 bits per heavy atom. The first-order valence-corrected chi connectivity index (χ1v) is 11.4. The van der Waals surface area contributed by atoms with Crippen LogP contribution in [-0.4, -0.2) is 0 Å². The molecule has 0 atom stereocenters. The number of fused-ring (bicyclic) bond motifs is 7. The highest BCUT2D eigenvalue weighted by molar-refractivity contribution is 9.26. The number of para-hydroxylation sites is 2. The highest BCUT2D eigenvalue weighted by Crippen LogP contribution is 2.59. The summed E-state index contributed by atoms with van der Waals surface area (Å²) in [5.74, 6) is 0. The van der Waals surface area contributed by atoms with Crippen LogP contribution in [0.15, 0.2) is 67.5 Å². The van der Waals surface area contributed by atoms with Crippen molar-refractivity contribution in [1.29, 1.82) is 0 Å². The fourth-order valence-electron chi connectivity index (χ4n) is 2.73. The van der Waals surface area contributed by atoms with Crippen molar-refractivity contribution in [3.63, 3.8) is 0 Å². The molecule has 0 spiro atoms. The molecular weight excluding hydrogens is 352 g/mol. The Balaban J connectivity index is 1.95. The zero-order valence-electron chi connectivity index (χ0n) is 11.1.